The summed E-state index contributed by atoms with van der Waals surface area (Å²) in [6.07, 6.45) is 0. The number of benzene rings is 1. The molecule has 14 heavy (non-hydrogen) atoms. The van der Waals surface area contributed by atoms with Crippen molar-refractivity contribution < 1.29 is 9.52 Å². The fourth-order valence-electron chi connectivity index (χ4n) is 1.38. The molecule has 0 aliphatic rings. The number of hydrogen-bond acceptors (Lipinski definition) is 3. The first kappa shape index (κ1) is 8.81. The number of rotatable bonds is 0. The second kappa shape index (κ2) is 2.87. The predicted molar refractivity (Wildman–Crippen MR) is 53.6 cm³/mol. The lowest BCUT2D eigenvalue weighted by molar-refractivity contribution is 0.461. The average Bonchev–Trinajstić information content (AvgIpc) is 2.14. The summed E-state index contributed by atoms with van der Waals surface area (Å²) < 4.78 is 5.04. The highest BCUT2D eigenvalue weighted by atomic mass is 16.4. The van der Waals surface area contributed by atoms with E-state index in [9.17, 15) is 9.90 Å². The smallest absolute Gasteiger partial charge is 0.342 e. The Morgan fingerprint density at radius 1 is 1.29 bits per heavy atom. The largest absolute Gasteiger partial charge is 0.507 e. The summed E-state index contributed by atoms with van der Waals surface area (Å²) in [5, 5.41) is 10.2. The number of aromatic hydroxyl groups is 1. The van der Waals surface area contributed by atoms with E-state index in [1.165, 1.54) is 0 Å². The summed E-state index contributed by atoms with van der Waals surface area (Å²) in [6, 6.07) is 5.34. The summed E-state index contributed by atoms with van der Waals surface area (Å²) in [6.45, 7) is 3.44. The predicted octanol–water partition coefficient (Wildman–Crippen LogP) is 2.12. The van der Waals surface area contributed by atoms with E-state index in [2.05, 4.69) is 0 Å². The third-order valence-electron chi connectivity index (χ3n) is 2.26. The zero-order chi connectivity index (χ0) is 10.3. The molecule has 3 heteroatoms. The molecule has 0 spiro atoms. The van der Waals surface area contributed by atoms with Gasteiger partial charge in [0.15, 0.2) is 0 Å². The monoisotopic (exact) mass is 190 g/mol. The normalized spacial score (nSPS) is 10.7. The Hall–Kier alpha value is -1.77. The summed E-state index contributed by atoms with van der Waals surface area (Å²) in [5.74, 6) is 0.0104. The van der Waals surface area contributed by atoms with E-state index in [4.69, 9.17) is 4.42 Å². The maximum atomic E-state index is 11.2. The van der Waals surface area contributed by atoms with Gasteiger partial charge in [0.25, 0.3) is 0 Å². The van der Waals surface area contributed by atoms with Crippen LogP contribution in [0.2, 0.25) is 0 Å². The van der Waals surface area contributed by atoms with Crippen molar-refractivity contribution in [2.24, 2.45) is 0 Å². The van der Waals surface area contributed by atoms with Crippen molar-refractivity contribution in [3.05, 3.63) is 39.7 Å². The van der Waals surface area contributed by atoms with Gasteiger partial charge in [0, 0.05) is 0 Å². The molecular formula is C11H10O3. The Morgan fingerprint density at radius 2 is 2.00 bits per heavy atom. The minimum Gasteiger partial charge on any atom is -0.507 e. The molecule has 1 aromatic carbocycles. The number of fused-ring (bicyclic) bond motifs is 1. The lowest BCUT2D eigenvalue weighted by Crippen LogP contribution is -2.02. The molecule has 0 unspecified atom stereocenters. The molecule has 0 fully saturated rings. The molecule has 0 radical (unpaired) electrons. The Bertz CT molecular complexity index is 552. The molecule has 1 heterocycles. The van der Waals surface area contributed by atoms with Crippen LogP contribution in [0.4, 0.5) is 0 Å². The van der Waals surface area contributed by atoms with Crippen LogP contribution in [0.15, 0.2) is 27.4 Å². The quantitative estimate of drug-likeness (QED) is 0.647. The fourth-order valence-corrected chi connectivity index (χ4v) is 1.38. The van der Waals surface area contributed by atoms with Crippen LogP contribution in [0.5, 0.6) is 5.75 Å². The molecule has 0 saturated heterocycles. The van der Waals surface area contributed by atoms with Crippen LogP contribution in [0.3, 0.4) is 0 Å². The van der Waals surface area contributed by atoms with Crippen molar-refractivity contribution in [2.75, 3.05) is 0 Å². The van der Waals surface area contributed by atoms with Crippen LogP contribution in [-0.2, 0) is 0 Å². The minimum absolute atomic E-state index is 0.0104. The molecular weight excluding hydrogens is 180 g/mol. The second-order valence-corrected chi connectivity index (χ2v) is 3.36. The van der Waals surface area contributed by atoms with E-state index < -0.39 is 5.63 Å². The minimum atomic E-state index is -0.486. The lowest BCUT2D eigenvalue weighted by atomic mass is 10.1. The molecule has 72 valence electrons. The van der Waals surface area contributed by atoms with Crippen LogP contribution in [-0.4, -0.2) is 5.11 Å². The van der Waals surface area contributed by atoms with E-state index in [1.807, 2.05) is 13.0 Å². The van der Waals surface area contributed by atoms with Gasteiger partial charge in [-0.15, -0.1) is 0 Å². The van der Waals surface area contributed by atoms with Crippen LogP contribution in [0, 0.1) is 13.8 Å². The van der Waals surface area contributed by atoms with Gasteiger partial charge in [0.05, 0.1) is 10.9 Å². The van der Waals surface area contributed by atoms with Crippen LogP contribution in [0.25, 0.3) is 11.0 Å². The van der Waals surface area contributed by atoms with Crippen molar-refractivity contribution in [1.82, 2.24) is 0 Å². The van der Waals surface area contributed by atoms with Crippen molar-refractivity contribution in [1.29, 1.82) is 0 Å². The SMILES string of the molecule is Cc1ccc2c(O)c(C)c(=O)oc2c1. The van der Waals surface area contributed by atoms with Gasteiger partial charge in [-0.2, -0.15) is 0 Å². The zero-order valence-corrected chi connectivity index (χ0v) is 8.00. The van der Waals surface area contributed by atoms with Gasteiger partial charge in [-0.05, 0) is 31.5 Å². The standard InChI is InChI=1S/C11H10O3/c1-6-3-4-8-9(5-6)14-11(13)7(2)10(8)12/h3-5,12H,1-2H3. The Kier molecular flexibility index (Phi) is 1.81. The first-order valence-corrected chi connectivity index (χ1v) is 4.32. The van der Waals surface area contributed by atoms with Crippen LogP contribution >= 0.6 is 0 Å². The molecule has 0 aliphatic heterocycles. The topological polar surface area (TPSA) is 50.4 Å². The van der Waals surface area contributed by atoms with Crippen molar-refractivity contribution in [3.63, 3.8) is 0 Å². The van der Waals surface area contributed by atoms with Gasteiger partial charge in [0.1, 0.15) is 11.3 Å². The Labute approximate surface area is 80.6 Å². The Morgan fingerprint density at radius 3 is 2.71 bits per heavy atom. The average molecular weight is 190 g/mol. The first-order valence-electron chi connectivity index (χ1n) is 4.32. The second-order valence-electron chi connectivity index (χ2n) is 3.36. The van der Waals surface area contributed by atoms with Gasteiger partial charge in [-0.25, -0.2) is 4.79 Å². The number of aryl methyl sites for hydroxylation is 1. The fraction of sp³-hybridized carbons (Fsp3) is 0.182. The van der Waals surface area contributed by atoms with Gasteiger partial charge >= 0.3 is 5.63 Å². The highest BCUT2D eigenvalue weighted by Crippen LogP contribution is 2.25. The molecule has 3 nitrogen and oxygen atoms in total. The first-order chi connectivity index (χ1) is 6.59. The molecule has 2 rings (SSSR count). The van der Waals surface area contributed by atoms with Crippen molar-refractivity contribution in [2.45, 2.75) is 13.8 Å². The van der Waals surface area contributed by atoms with Gasteiger partial charge in [-0.1, -0.05) is 6.07 Å². The highest BCUT2D eigenvalue weighted by molar-refractivity contribution is 5.84. The maximum absolute atomic E-state index is 11.2. The number of hydrogen-bond donors (Lipinski definition) is 1. The highest BCUT2D eigenvalue weighted by Gasteiger charge is 2.09. The van der Waals surface area contributed by atoms with Gasteiger partial charge < -0.3 is 9.52 Å². The van der Waals surface area contributed by atoms with E-state index in [0.717, 1.165) is 5.56 Å². The van der Waals surface area contributed by atoms with E-state index in [1.54, 1.807) is 19.1 Å². The lowest BCUT2D eigenvalue weighted by Gasteiger charge is -2.02. The summed E-state index contributed by atoms with van der Waals surface area (Å²) in [7, 11) is 0. The third kappa shape index (κ3) is 1.18. The molecule has 1 aromatic heterocycles. The third-order valence-corrected chi connectivity index (χ3v) is 2.26. The van der Waals surface area contributed by atoms with Gasteiger partial charge in [0.2, 0.25) is 0 Å². The summed E-state index contributed by atoms with van der Waals surface area (Å²) in [5.41, 5.74) is 1.18. The van der Waals surface area contributed by atoms with E-state index >= 15 is 0 Å². The maximum Gasteiger partial charge on any atom is 0.342 e. The molecule has 0 amide bonds. The molecule has 0 bridgehead atoms. The van der Waals surface area contributed by atoms with E-state index in [0.29, 0.717) is 11.0 Å². The van der Waals surface area contributed by atoms with Crippen LogP contribution in [0.1, 0.15) is 11.1 Å². The molecule has 0 aliphatic carbocycles. The van der Waals surface area contributed by atoms with Gasteiger partial charge in [-0.3, -0.25) is 0 Å². The Balaban J connectivity index is 2.98. The van der Waals surface area contributed by atoms with Crippen molar-refractivity contribution in [3.8, 4) is 5.75 Å². The van der Waals surface area contributed by atoms with E-state index in [-0.39, 0.29) is 11.3 Å². The molecule has 1 N–H and O–H groups in total. The molecule has 0 saturated carbocycles. The van der Waals surface area contributed by atoms with Crippen LogP contribution < -0.4 is 5.63 Å². The summed E-state index contributed by atoms with van der Waals surface area (Å²) in [4.78, 5) is 11.2. The van der Waals surface area contributed by atoms with Crippen molar-refractivity contribution >= 4 is 11.0 Å². The zero-order valence-electron chi connectivity index (χ0n) is 8.00. The molecule has 0 atom stereocenters. The summed E-state index contributed by atoms with van der Waals surface area (Å²) >= 11 is 0. The molecule has 2 aromatic rings.